The average Bonchev–Trinajstić information content (AvgIpc) is 2.95. The number of benzene rings is 2. The fraction of sp³-hybridized carbons (Fsp3) is 0.0588. The Labute approximate surface area is 136 Å². The number of H-pyrrole nitrogens is 1. The van der Waals surface area contributed by atoms with Crippen LogP contribution >= 0.6 is 15.9 Å². The summed E-state index contributed by atoms with van der Waals surface area (Å²) in [6.07, 6.45) is 1.54. The maximum absolute atomic E-state index is 11.9. The van der Waals surface area contributed by atoms with Gasteiger partial charge in [-0.1, -0.05) is 46.8 Å². The Morgan fingerprint density at radius 3 is 2.91 bits per heavy atom. The molecule has 1 N–H and O–H groups in total. The summed E-state index contributed by atoms with van der Waals surface area (Å²) < 4.78 is 6.00. The van der Waals surface area contributed by atoms with Gasteiger partial charge < -0.3 is 9.72 Å². The molecule has 0 aliphatic rings. The lowest BCUT2D eigenvalue weighted by Gasteiger charge is -2.01. The van der Waals surface area contributed by atoms with Crippen LogP contribution in [0.2, 0.25) is 0 Å². The van der Waals surface area contributed by atoms with Crippen molar-refractivity contribution in [3.8, 4) is 11.4 Å². The smallest absolute Gasteiger partial charge is 0.338 e. The number of halogens is 1. The SMILES string of the molecule is C=CCOC(=O)c1ccc2nc(-c3ccccc3Br)[nH]c2c1. The minimum atomic E-state index is -0.376. The highest BCUT2D eigenvalue weighted by Crippen LogP contribution is 2.27. The van der Waals surface area contributed by atoms with Crippen molar-refractivity contribution in [1.29, 1.82) is 0 Å². The molecular weight excluding hydrogens is 344 g/mol. The summed E-state index contributed by atoms with van der Waals surface area (Å²) in [6.45, 7) is 3.72. The number of aromatic amines is 1. The number of rotatable bonds is 4. The van der Waals surface area contributed by atoms with Gasteiger partial charge >= 0.3 is 5.97 Å². The lowest BCUT2D eigenvalue weighted by atomic mass is 10.2. The van der Waals surface area contributed by atoms with E-state index in [4.69, 9.17) is 4.74 Å². The van der Waals surface area contributed by atoms with E-state index in [9.17, 15) is 4.79 Å². The Morgan fingerprint density at radius 1 is 1.32 bits per heavy atom. The zero-order valence-corrected chi connectivity index (χ0v) is 13.3. The third-order valence-corrected chi connectivity index (χ3v) is 3.87. The maximum Gasteiger partial charge on any atom is 0.338 e. The summed E-state index contributed by atoms with van der Waals surface area (Å²) in [6, 6.07) is 13.1. The van der Waals surface area contributed by atoms with E-state index in [2.05, 4.69) is 32.5 Å². The summed E-state index contributed by atoms with van der Waals surface area (Å²) in [4.78, 5) is 19.7. The number of nitrogens with one attached hydrogen (secondary N) is 1. The lowest BCUT2D eigenvalue weighted by Crippen LogP contribution is -2.04. The van der Waals surface area contributed by atoms with E-state index in [1.807, 2.05) is 24.3 Å². The fourth-order valence-electron chi connectivity index (χ4n) is 2.14. The van der Waals surface area contributed by atoms with Gasteiger partial charge in [0, 0.05) is 10.0 Å². The van der Waals surface area contributed by atoms with Crippen LogP contribution < -0.4 is 0 Å². The van der Waals surface area contributed by atoms with E-state index in [-0.39, 0.29) is 12.6 Å². The van der Waals surface area contributed by atoms with Crippen molar-refractivity contribution in [2.24, 2.45) is 0 Å². The van der Waals surface area contributed by atoms with E-state index in [0.29, 0.717) is 5.56 Å². The zero-order chi connectivity index (χ0) is 15.5. The number of hydrogen-bond donors (Lipinski definition) is 1. The van der Waals surface area contributed by atoms with Gasteiger partial charge in [-0.05, 0) is 24.3 Å². The van der Waals surface area contributed by atoms with Gasteiger partial charge in [-0.25, -0.2) is 9.78 Å². The standard InChI is InChI=1S/C17H13BrN2O2/c1-2-9-22-17(21)11-7-8-14-15(10-11)20-16(19-14)12-5-3-4-6-13(12)18/h2-8,10H,1,9H2,(H,19,20). The van der Waals surface area contributed by atoms with Crippen LogP contribution in [0.25, 0.3) is 22.4 Å². The van der Waals surface area contributed by atoms with Crippen LogP contribution in [0.15, 0.2) is 59.6 Å². The first-order valence-electron chi connectivity index (χ1n) is 6.71. The Balaban J connectivity index is 1.99. The molecule has 1 aromatic heterocycles. The van der Waals surface area contributed by atoms with Crippen LogP contribution in [-0.4, -0.2) is 22.5 Å². The number of hydrogen-bond acceptors (Lipinski definition) is 3. The minimum absolute atomic E-state index is 0.196. The monoisotopic (exact) mass is 356 g/mol. The van der Waals surface area contributed by atoms with Crippen LogP contribution in [-0.2, 0) is 4.74 Å². The van der Waals surface area contributed by atoms with Gasteiger partial charge in [0.2, 0.25) is 0 Å². The molecule has 3 rings (SSSR count). The van der Waals surface area contributed by atoms with E-state index >= 15 is 0 Å². The molecule has 0 amide bonds. The van der Waals surface area contributed by atoms with Gasteiger partial charge in [-0.15, -0.1) is 0 Å². The second-order valence-corrected chi connectivity index (χ2v) is 5.54. The summed E-state index contributed by atoms with van der Waals surface area (Å²) in [5, 5.41) is 0. The number of ether oxygens (including phenoxy) is 1. The summed E-state index contributed by atoms with van der Waals surface area (Å²) >= 11 is 3.51. The third-order valence-electron chi connectivity index (χ3n) is 3.18. The number of carbonyl (C=O) groups excluding carboxylic acids is 1. The number of carbonyl (C=O) groups is 1. The minimum Gasteiger partial charge on any atom is -0.458 e. The van der Waals surface area contributed by atoms with Crippen molar-refractivity contribution in [2.45, 2.75) is 0 Å². The van der Waals surface area contributed by atoms with Crippen molar-refractivity contribution < 1.29 is 9.53 Å². The molecule has 0 fully saturated rings. The molecule has 110 valence electrons. The zero-order valence-electron chi connectivity index (χ0n) is 11.7. The van der Waals surface area contributed by atoms with Gasteiger partial charge in [-0.3, -0.25) is 0 Å². The molecule has 0 aliphatic carbocycles. The molecule has 3 aromatic rings. The number of aromatic nitrogens is 2. The fourth-order valence-corrected chi connectivity index (χ4v) is 2.61. The van der Waals surface area contributed by atoms with Gasteiger partial charge in [0.05, 0.1) is 16.6 Å². The quantitative estimate of drug-likeness (QED) is 0.558. The number of fused-ring (bicyclic) bond motifs is 1. The first-order chi connectivity index (χ1) is 10.7. The first kappa shape index (κ1) is 14.5. The molecular formula is C17H13BrN2O2. The van der Waals surface area contributed by atoms with Crippen molar-refractivity contribution in [1.82, 2.24) is 9.97 Å². The normalized spacial score (nSPS) is 10.6. The lowest BCUT2D eigenvalue weighted by molar-refractivity contribution is 0.0550. The van der Waals surface area contributed by atoms with Crippen LogP contribution in [0.4, 0.5) is 0 Å². The number of esters is 1. The van der Waals surface area contributed by atoms with E-state index in [1.165, 1.54) is 6.08 Å². The molecule has 0 bridgehead atoms. The Morgan fingerprint density at radius 2 is 2.14 bits per heavy atom. The molecule has 5 heteroatoms. The molecule has 1 heterocycles. The van der Waals surface area contributed by atoms with Crippen molar-refractivity contribution in [3.63, 3.8) is 0 Å². The molecule has 0 spiro atoms. The molecule has 2 aromatic carbocycles. The second kappa shape index (κ2) is 6.15. The molecule has 0 aliphatic heterocycles. The first-order valence-corrected chi connectivity index (χ1v) is 7.51. The van der Waals surface area contributed by atoms with Gasteiger partial charge in [-0.2, -0.15) is 0 Å². The van der Waals surface area contributed by atoms with Crippen molar-refractivity contribution in [2.75, 3.05) is 6.61 Å². The topological polar surface area (TPSA) is 55.0 Å². The molecule has 22 heavy (non-hydrogen) atoms. The Hall–Kier alpha value is -2.40. The predicted octanol–water partition coefficient (Wildman–Crippen LogP) is 4.34. The molecule has 0 radical (unpaired) electrons. The Bertz CT molecular complexity index is 855. The molecule has 0 atom stereocenters. The van der Waals surface area contributed by atoms with Gasteiger partial charge in [0.1, 0.15) is 12.4 Å². The van der Waals surface area contributed by atoms with E-state index in [0.717, 1.165) is 26.9 Å². The molecule has 0 saturated carbocycles. The van der Waals surface area contributed by atoms with Crippen LogP contribution in [0.5, 0.6) is 0 Å². The highest BCUT2D eigenvalue weighted by Gasteiger charge is 2.11. The maximum atomic E-state index is 11.9. The van der Waals surface area contributed by atoms with Gasteiger partial charge in [0.25, 0.3) is 0 Å². The second-order valence-electron chi connectivity index (χ2n) is 4.68. The van der Waals surface area contributed by atoms with Crippen LogP contribution in [0.1, 0.15) is 10.4 Å². The average molecular weight is 357 g/mol. The predicted molar refractivity (Wildman–Crippen MR) is 89.7 cm³/mol. The van der Waals surface area contributed by atoms with E-state index in [1.54, 1.807) is 18.2 Å². The van der Waals surface area contributed by atoms with E-state index < -0.39 is 0 Å². The highest BCUT2D eigenvalue weighted by molar-refractivity contribution is 9.10. The summed E-state index contributed by atoms with van der Waals surface area (Å²) in [5.74, 6) is 0.373. The van der Waals surface area contributed by atoms with Crippen molar-refractivity contribution >= 4 is 32.9 Å². The molecule has 4 nitrogen and oxygen atoms in total. The number of imidazole rings is 1. The number of nitrogens with zero attached hydrogens (tertiary/aromatic N) is 1. The summed E-state index contributed by atoms with van der Waals surface area (Å²) in [7, 11) is 0. The molecule has 0 unspecified atom stereocenters. The highest BCUT2D eigenvalue weighted by atomic mass is 79.9. The summed E-state index contributed by atoms with van der Waals surface area (Å²) in [5.41, 5.74) is 3.04. The van der Waals surface area contributed by atoms with Crippen molar-refractivity contribution in [3.05, 3.63) is 65.2 Å². The largest absolute Gasteiger partial charge is 0.458 e. The van der Waals surface area contributed by atoms with Crippen LogP contribution in [0.3, 0.4) is 0 Å². The Kier molecular flexibility index (Phi) is 4.06. The van der Waals surface area contributed by atoms with Gasteiger partial charge in [0.15, 0.2) is 0 Å². The van der Waals surface area contributed by atoms with Crippen LogP contribution in [0, 0.1) is 0 Å². The third kappa shape index (κ3) is 2.80. The molecule has 0 saturated heterocycles.